The summed E-state index contributed by atoms with van der Waals surface area (Å²) < 4.78 is 0. The zero-order valence-corrected chi connectivity index (χ0v) is 9.09. The Morgan fingerprint density at radius 2 is 1.86 bits per heavy atom. The Kier molecular flexibility index (Phi) is 3.39. The lowest BCUT2D eigenvalue weighted by molar-refractivity contribution is 0.433. The van der Waals surface area contributed by atoms with Crippen molar-refractivity contribution in [1.82, 2.24) is 0 Å². The molecular weight excluding hydrogens is 176 g/mol. The Morgan fingerprint density at radius 1 is 1.21 bits per heavy atom. The number of phenolic OH excluding ortho intramolecular Hbond substituents is 2. The maximum atomic E-state index is 9.83. The van der Waals surface area contributed by atoms with E-state index in [1.54, 1.807) is 6.07 Å². The minimum Gasteiger partial charge on any atom is -0.508 e. The molecule has 1 rings (SSSR count). The van der Waals surface area contributed by atoms with Gasteiger partial charge < -0.3 is 10.2 Å². The fourth-order valence-corrected chi connectivity index (χ4v) is 1.53. The van der Waals surface area contributed by atoms with Crippen molar-refractivity contribution in [2.45, 2.75) is 40.0 Å². The van der Waals surface area contributed by atoms with Crippen molar-refractivity contribution in [3.63, 3.8) is 0 Å². The number of aromatic hydroxyl groups is 2. The number of rotatable bonds is 3. The van der Waals surface area contributed by atoms with Crippen LogP contribution in [0, 0.1) is 13.8 Å². The van der Waals surface area contributed by atoms with E-state index >= 15 is 0 Å². The van der Waals surface area contributed by atoms with Gasteiger partial charge >= 0.3 is 0 Å². The van der Waals surface area contributed by atoms with E-state index in [9.17, 15) is 10.2 Å². The summed E-state index contributed by atoms with van der Waals surface area (Å²) in [5.74, 6) is 0.481. The first-order valence-electron chi connectivity index (χ1n) is 5.09. The normalized spacial score (nSPS) is 10.5. The summed E-state index contributed by atoms with van der Waals surface area (Å²) in [4.78, 5) is 0. The van der Waals surface area contributed by atoms with E-state index in [0.29, 0.717) is 5.56 Å². The molecule has 0 atom stereocenters. The van der Waals surface area contributed by atoms with Crippen molar-refractivity contribution in [2.75, 3.05) is 0 Å². The molecule has 0 bridgehead atoms. The third-order valence-electron chi connectivity index (χ3n) is 2.68. The molecule has 2 nitrogen and oxygen atoms in total. The SMILES string of the molecule is CCCCc1c(O)cc(C)c(C)c1O. The Labute approximate surface area is 85.2 Å². The molecule has 0 aromatic heterocycles. The summed E-state index contributed by atoms with van der Waals surface area (Å²) in [7, 11) is 0. The quantitative estimate of drug-likeness (QED) is 0.776. The van der Waals surface area contributed by atoms with Gasteiger partial charge in [-0.2, -0.15) is 0 Å². The third kappa shape index (κ3) is 2.00. The van der Waals surface area contributed by atoms with E-state index in [4.69, 9.17) is 0 Å². The molecule has 0 unspecified atom stereocenters. The van der Waals surface area contributed by atoms with Crippen molar-refractivity contribution in [3.05, 3.63) is 22.8 Å². The van der Waals surface area contributed by atoms with Crippen LogP contribution in [-0.4, -0.2) is 10.2 Å². The van der Waals surface area contributed by atoms with Gasteiger partial charge in [-0.15, -0.1) is 0 Å². The minimum atomic E-state index is 0.221. The van der Waals surface area contributed by atoms with Crippen molar-refractivity contribution < 1.29 is 10.2 Å². The summed E-state index contributed by atoms with van der Waals surface area (Å²) in [6, 6.07) is 1.72. The maximum Gasteiger partial charge on any atom is 0.125 e. The van der Waals surface area contributed by atoms with E-state index in [0.717, 1.165) is 30.4 Å². The number of aryl methyl sites for hydroxylation is 1. The highest BCUT2D eigenvalue weighted by atomic mass is 16.3. The first-order chi connectivity index (χ1) is 6.57. The molecular formula is C12H18O2. The topological polar surface area (TPSA) is 40.5 Å². The van der Waals surface area contributed by atoms with Crippen molar-refractivity contribution in [2.24, 2.45) is 0 Å². The van der Waals surface area contributed by atoms with Crippen molar-refractivity contribution in [1.29, 1.82) is 0 Å². The second-order valence-corrected chi connectivity index (χ2v) is 3.77. The molecule has 0 aliphatic rings. The van der Waals surface area contributed by atoms with E-state index in [-0.39, 0.29) is 11.5 Å². The lowest BCUT2D eigenvalue weighted by Crippen LogP contribution is -1.92. The summed E-state index contributed by atoms with van der Waals surface area (Å²) in [5.41, 5.74) is 2.49. The van der Waals surface area contributed by atoms with Gasteiger partial charge in [-0.1, -0.05) is 13.3 Å². The van der Waals surface area contributed by atoms with Crippen LogP contribution in [0.4, 0.5) is 0 Å². The molecule has 1 aromatic carbocycles. The van der Waals surface area contributed by atoms with E-state index in [1.807, 2.05) is 13.8 Å². The zero-order valence-electron chi connectivity index (χ0n) is 9.09. The summed E-state index contributed by atoms with van der Waals surface area (Å²) in [5, 5.41) is 19.5. The largest absolute Gasteiger partial charge is 0.508 e. The molecule has 78 valence electrons. The smallest absolute Gasteiger partial charge is 0.125 e. The van der Waals surface area contributed by atoms with Crippen LogP contribution in [0.15, 0.2) is 6.07 Å². The lowest BCUT2D eigenvalue weighted by Gasteiger charge is -2.11. The number of benzene rings is 1. The maximum absolute atomic E-state index is 9.83. The fourth-order valence-electron chi connectivity index (χ4n) is 1.53. The minimum absolute atomic E-state index is 0.221. The second kappa shape index (κ2) is 4.36. The van der Waals surface area contributed by atoms with Crippen LogP contribution < -0.4 is 0 Å². The Bertz CT molecular complexity index is 330. The van der Waals surface area contributed by atoms with E-state index in [2.05, 4.69) is 6.92 Å². The van der Waals surface area contributed by atoms with Crippen LogP contribution in [-0.2, 0) is 6.42 Å². The van der Waals surface area contributed by atoms with Gasteiger partial charge in [0.2, 0.25) is 0 Å². The van der Waals surface area contributed by atoms with Crippen LogP contribution in [0.1, 0.15) is 36.5 Å². The number of hydrogen-bond acceptors (Lipinski definition) is 2. The molecule has 0 radical (unpaired) electrons. The Balaban J connectivity index is 3.09. The zero-order chi connectivity index (χ0) is 10.7. The highest BCUT2D eigenvalue weighted by Gasteiger charge is 2.11. The highest BCUT2D eigenvalue weighted by molar-refractivity contribution is 5.51. The van der Waals surface area contributed by atoms with Gasteiger partial charge in [-0.3, -0.25) is 0 Å². The fraction of sp³-hybridized carbons (Fsp3) is 0.500. The predicted octanol–water partition coefficient (Wildman–Crippen LogP) is 3.06. The molecule has 0 saturated carbocycles. The van der Waals surface area contributed by atoms with Gasteiger partial charge in [0.1, 0.15) is 11.5 Å². The first kappa shape index (κ1) is 10.9. The summed E-state index contributed by atoms with van der Waals surface area (Å²) >= 11 is 0. The van der Waals surface area contributed by atoms with Crippen LogP contribution in [0.2, 0.25) is 0 Å². The molecule has 0 spiro atoms. The van der Waals surface area contributed by atoms with E-state index in [1.165, 1.54) is 0 Å². The van der Waals surface area contributed by atoms with Gasteiger partial charge in [0.05, 0.1) is 0 Å². The molecule has 0 fully saturated rings. The third-order valence-corrected chi connectivity index (χ3v) is 2.68. The molecule has 2 heteroatoms. The average molecular weight is 194 g/mol. The monoisotopic (exact) mass is 194 g/mol. The molecule has 0 amide bonds. The molecule has 2 N–H and O–H groups in total. The number of unbranched alkanes of at least 4 members (excludes halogenated alkanes) is 1. The van der Waals surface area contributed by atoms with Gasteiger partial charge in [0, 0.05) is 5.56 Å². The molecule has 1 aromatic rings. The van der Waals surface area contributed by atoms with Crippen LogP contribution in [0.5, 0.6) is 11.5 Å². The summed E-state index contributed by atoms with van der Waals surface area (Å²) in [6.07, 6.45) is 2.80. The van der Waals surface area contributed by atoms with Gasteiger partial charge in [-0.25, -0.2) is 0 Å². The molecule has 14 heavy (non-hydrogen) atoms. The van der Waals surface area contributed by atoms with Gasteiger partial charge in [0.15, 0.2) is 0 Å². The Hall–Kier alpha value is -1.18. The second-order valence-electron chi connectivity index (χ2n) is 3.77. The highest BCUT2D eigenvalue weighted by Crippen LogP contribution is 2.33. The molecule has 0 heterocycles. The van der Waals surface area contributed by atoms with Crippen LogP contribution in [0.3, 0.4) is 0 Å². The Morgan fingerprint density at radius 3 is 2.43 bits per heavy atom. The van der Waals surface area contributed by atoms with Crippen molar-refractivity contribution >= 4 is 0 Å². The van der Waals surface area contributed by atoms with Crippen LogP contribution >= 0.6 is 0 Å². The number of hydrogen-bond donors (Lipinski definition) is 2. The summed E-state index contributed by atoms with van der Waals surface area (Å²) in [6.45, 7) is 5.85. The van der Waals surface area contributed by atoms with Gasteiger partial charge in [-0.05, 0) is 43.9 Å². The van der Waals surface area contributed by atoms with Crippen LogP contribution in [0.25, 0.3) is 0 Å². The molecule has 0 aliphatic heterocycles. The molecule has 0 saturated heterocycles. The standard InChI is InChI=1S/C12H18O2/c1-4-5-6-10-11(13)7-8(2)9(3)12(10)14/h7,13-14H,4-6H2,1-3H3. The number of phenols is 2. The van der Waals surface area contributed by atoms with Crippen molar-refractivity contribution in [3.8, 4) is 11.5 Å². The predicted molar refractivity (Wildman–Crippen MR) is 57.9 cm³/mol. The van der Waals surface area contributed by atoms with E-state index < -0.39 is 0 Å². The molecule has 0 aliphatic carbocycles. The average Bonchev–Trinajstić information content (AvgIpc) is 2.14. The lowest BCUT2D eigenvalue weighted by atomic mass is 9.99. The first-order valence-corrected chi connectivity index (χ1v) is 5.09. The van der Waals surface area contributed by atoms with Gasteiger partial charge in [0.25, 0.3) is 0 Å².